The summed E-state index contributed by atoms with van der Waals surface area (Å²) >= 11 is 0. The number of aliphatic hydroxyl groups is 8. The summed E-state index contributed by atoms with van der Waals surface area (Å²) in [6, 6.07) is 0. The lowest BCUT2D eigenvalue weighted by Gasteiger charge is -2.10. The molecule has 55 heavy (non-hydrogen) atoms. The molecule has 2 unspecified atom stereocenters. The molecule has 0 aromatic rings. The maximum absolute atomic E-state index is 8.67. The Kier molecular flexibility index (Phi) is 135. The maximum Gasteiger partial charge on any atom is 0.0892 e. The van der Waals surface area contributed by atoms with Crippen LogP contribution in [-0.2, 0) is 14.2 Å². The normalized spacial score (nSPS) is 13.4. The summed E-state index contributed by atoms with van der Waals surface area (Å²) in [5, 5.41) is 79.6. The molecule has 2 heterocycles. The van der Waals surface area contributed by atoms with Crippen LogP contribution in [-0.4, -0.2) is 240 Å². The van der Waals surface area contributed by atoms with E-state index in [1.165, 1.54) is 7.05 Å². The Hall–Kier alpha value is -0.880. The fourth-order valence-electron chi connectivity index (χ4n) is 1.99. The van der Waals surface area contributed by atoms with Crippen LogP contribution >= 0.6 is 0 Å². The minimum atomic E-state index is -0.731. The zero-order valence-corrected chi connectivity index (χ0v) is 35.6. The first-order chi connectivity index (χ1) is 26.6. The first-order valence-corrected chi connectivity index (χ1v) is 18.7. The lowest BCUT2D eigenvalue weighted by Crippen LogP contribution is -2.30. The molecule has 22 nitrogen and oxygen atoms in total. The van der Waals surface area contributed by atoms with Gasteiger partial charge in [-0.3, -0.25) is 0 Å². The van der Waals surface area contributed by atoms with E-state index >= 15 is 0 Å². The van der Waals surface area contributed by atoms with E-state index in [1.807, 2.05) is 14.1 Å². The second kappa shape index (κ2) is 99.3. The van der Waals surface area contributed by atoms with E-state index in [1.54, 1.807) is 14.2 Å². The molecule has 0 aromatic carbocycles. The van der Waals surface area contributed by atoms with Crippen LogP contribution in [0.15, 0.2) is 0 Å². The number of hydrogen-bond acceptors (Lipinski definition) is 22. The fourth-order valence-corrected chi connectivity index (χ4v) is 1.99. The van der Waals surface area contributed by atoms with Crippen molar-refractivity contribution in [3.63, 3.8) is 0 Å². The maximum atomic E-state index is 8.67. The number of ether oxygens (including phenoxy) is 3. The van der Waals surface area contributed by atoms with Crippen molar-refractivity contribution in [2.75, 3.05) is 187 Å². The van der Waals surface area contributed by atoms with Gasteiger partial charge < -0.3 is 116 Å². The van der Waals surface area contributed by atoms with Gasteiger partial charge in [0.15, 0.2) is 0 Å². The number of hydrogen-bond donors (Lipinski definition) is 19. The van der Waals surface area contributed by atoms with Gasteiger partial charge in [-0.2, -0.15) is 0 Å². The van der Waals surface area contributed by atoms with Crippen molar-refractivity contribution in [1.82, 2.24) is 26.6 Å². The quantitative estimate of drug-likeness (QED) is 0.0643. The van der Waals surface area contributed by atoms with E-state index in [-0.39, 0.29) is 52.3 Å². The average Bonchev–Trinajstić information content (AvgIpc) is 3.72. The number of likely N-dealkylation sites (N-methyl/N-ethyl adjacent to an activating group) is 1. The van der Waals surface area contributed by atoms with Crippen LogP contribution in [0.5, 0.6) is 0 Å². The van der Waals surface area contributed by atoms with Crippen molar-refractivity contribution in [2.24, 2.45) is 34.4 Å². The summed E-state index contributed by atoms with van der Waals surface area (Å²) in [6.07, 6.45) is 1.23. The van der Waals surface area contributed by atoms with Crippen LogP contribution in [0.2, 0.25) is 0 Å². The predicted octanol–water partition coefficient (Wildman–Crippen LogP) is -7.75. The molecule has 0 aromatic heterocycles. The predicted molar refractivity (Wildman–Crippen MR) is 226 cm³/mol. The minimum absolute atomic E-state index is 0.0648. The third kappa shape index (κ3) is 153. The van der Waals surface area contributed by atoms with Crippen LogP contribution in [0.25, 0.3) is 0 Å². The van der Waals surface area contributed by atoms with Crippen molar-refractivity contribution in [3.05, 3.63) is 0 Å². The monoisotopic (exact) mass is 822 g/mol. The van der Waals surface area contributed by atoms with Gasteiger partial charge in [-0.25, -0.2) is 0 Å². The number of rotatable bonds is 16. The molecular formula is C33H95N11O11. The third-order valence-corrected chi connectivity index (χ3v) is 4.54. The Morgan fingerprint density at radius 2 is 1.18 bits per heavy atom. The highest BCUT2D eigenvalue weighted by molar-refractivity contribution is 4.67. The molecule has 2 fully saturated rings. The van der Waals surface area contributed by atoms with E-state index in [9.17, 15) is 0 Å². The van der Waals surface area contributed by atoms with Gasteiger partial charge in [-0.05, 0) is 54.1 Å². The standard InChI is InChI=1S/2C4H11NO2.2C4H9NO.C3H9NO2.2C3H9NO.C3H9N.C2H7NO.C2H7N.CH5N/c5-1-3-7-4-2-6;6-3-1-5-2-4-7;1-3-6-4-2-5-1;6-4-1-2-5-3-4;4-1-3(6)2-5;1-5-3-2-4;1-4-2-3-5;1-2-3-4;3-1-2-4;1-3-2;1-2/h6H,1-5H2;5-7H,1-4H2;5H,1-4H2;4-6H,1-3H2;3,5-6H,1-2,4H2;2-4H2,1H3;4-5H,2-3H2,1H3;2-4H2,1H3;4H,1-3H2;3H,1-2H3;2H2,1H3. The highest BCUT2D eigenvalue weighted by Crippen LogP contribution is 1.93. The van der Waals surface area contributed by atoms with E-state index in [0.29, 0.717) is 59.1 Å². The van der Waals surface area contributed by atoms with Gasteiger partial charge in [-0.15, -0.1) is 0 Å². The molecule has 0 saturated carbocycles. The summed E-state index contributed by atoms with van der Waals surface area (Å²) < 4.78 is 14.3. The average molecular weight is 822 g/mol. The largest absolute Gasteiger partial charge is 0.395 e. The topological polar surface area (TPSA) is 406 Å². The molecule has 2 rings (SSSR count). The number of methoxy groups -OCH3 is 1. The molecule has 22 heteroatoms. The van der Waals surface area contributed by atoms with Crippen LogP contribution < -0.4 is 61.0 Å². The first-order valence-electron chi connectivity index (χ1n) is 18.7. The van der Waals surface area contributed by atoms with Crippen LogP contribution in [0, 0.1) is 0 Å². The zero-order valence-electron chi connectivity index (χ0n) is 35.6. The highest BCUT2D eigenvalue weighted by Gasteiger charge is 2.08. The number of morpholine rings is 1. The van der Waals surface area contributed by atoms with Gasteiger partial charge in [-0.1, -0.05) is 6.92 Å². The fraction of sp³-hybridized carbons (Fsp3) is 1.00. The van der Waals surface area contributed by atoms with Gasteiger partial charge in [0.05, 0.1) is 84.9 Å². The Morgan fingerprint density at radius 1 is 0.709 bits per heavy atom. The summed E-state index contributed by atoms with van der Waals surface area (Å²) in [4.78, 5) is 0. The molecule has 2 atom stereocenters. The summed E-state index contributed by atoms with van der Waals surface area (Å²) in [6.45, 7) is 14.0. The molecule has 2 saturated heterocycles. The molecule has 25 N–H and O–H groups in total. The molecular weight excluding hydrogens is 726 g/mol. The second-order valence-corrected chi connectivity index (χ2v) is 9.81. The van der Waals surface area contributed by atoms with Crippen molar-refractivity contribution >= 4 is 0 Å². The van der Waals surface area contributed by atoms with Crippen LogP contribution in [0.3, 0.4) is 0 Å². The summed E-state index contributed by atoms with van der Waals surface area (Å²) in [7, 11) is 8.68. The Bertz CT molecular complexity index is 426. The van der Waals surface area contributed by atoms with Crippen molar-refractivity contribution in [1.29, 1.82) is 0 Å². The molecule has 348 valence electrons. The molecule has 0 bridgehead atoms. The van der Waals surface area contributed by atoms with E-state index in [4.69, 9.17) is 79.0 Å². The number of β-amino-alcohol motifs (C(OH)–C–C–N with tert-alkyl or cyclic N) is 1. The van der Waals surface area contributed by atoms with E-state index < -0.39 is 6.10 Å². The summed E-state index contributed by atoms with van der Waals surface area (Å²) in [5.74, 6) is 0. The van der Waals surface area contributed by atoms with Crippen molar-refractivity contribution in [3.8, 4) is 0 Å². The molecule has 0 radical (unpaired) electrons. The second-order valence-electron chi connectivity index (χ2n) is 9.81. The Labute approximate surface area is 334 Å². The van der Waals surface area contributed by atoms with E-state index in [2.05, 4.69) is 44.0 Å². The van der Waals surface area contributed by atoms with E-state index in [0.717, 1.165) is 58.8 Å². The Morgan fingerprint density at radius 3 is 1.31 bits per heavy atom. The van der Waals surface area contributed by atoms with Gasteiger partial charge in [0.25, 0.3) is 0 Å². The molecule has 0 amide bonds. The van der Waals surface area contributed by atoms with Crippen molar-refractivity contribution < 1.29 is 55.1 Å². The smallest absolute Gasteiger partial charge is 0.0892 e. The van der Waals surface area contributed by atoms with Gasteiger partial charge in [0.1, 0.15) is 0 Å². The van der Waals surface area contributed by atoms with Crippen LogP contribution in [0.4, 0.5) is 0 Å². The molecule has 0 spiro atoms. The zero-order chi connectivity index (χ0) is 44.5. The molecule has 2 aliphatic rings. The van der Waals surface area contributed by atoms with Gasteiger partial charge in [0, 0.05) is 72.6 Å². The lowest BCUT2D eigenvalue weighted by molar-refractivity contribution is 0.0976. The van der Waals surface area contributed by atoms with Crippen LogP contribution in [0.1, 0.15) is 19.8 Å². The minimum Gasteiger partial charge on any atom is -0.395 e. The first kappa shape index (κ1) is 75.0. The third-order valence-electron chi connectivity index (χ3n) is 4.54. The lowest BCUT2D eigenvalue weighted by atomic mass is 10.3. The highest BCUT2D eigenvalue weighted by atomic mass is 16.5. The number of nitrogens with two attached hydrogens (primary N) is 6. The number of aliphatic hydroxyl groups excluding tert-OH is 8. The van der Waals surface area contributed by atoms with Gasteiger partial charge >= 0.3 is 0 Å². The molecule has 0 aliphatic carbocycles. The van der Waals surface area contributed by atoms with Gasteiger partial charge in [0.2, 0.25) is 0 Å². The van der Waals surface area contributed by atoms with Crippen molar-refractivity contribution in [2.45, 2.75) is 32.0 Å². The SMILES string of the molecule is C1COCCN1.CCCN.CN.CNC.CNCCO.COCCN.NCC(O)CO.NCCO.NCCOCCO.OC1CCNC1.OCCNCCO. The molecule has 2 aliphatic heterocycles. The Balaban J connectivity index is -0.0000000612. The summed E-state index contributed by atoms with van der Waals surface area (Å²) in [5.41, 5.74) is 29.3. The number of nitrogens with one attached hydrogen (secondary N) is 5.